The van der Waals surface area contributed by atoms with Crippen molar-refractivity contribution in [1.82, 2.24) is 9.55 Å². The van der Waals surface area contributed by atoms with Gasteiger partial charge in [-0.1, -0.05) is 77.8 Å². The molecule has 12 nitrogen and oxygen atoms in total. The largest absolute Gasteiger partial charge is 0.527 e. The molecule has 15 heteroatoms. The normalized spacial score (nSPS) is 18.5. The van der Waals surface area contributed by atoms with Crippen molar-refractivity contribution < 1.29 is 37.5 Å². The zero-order valence-electron chi connectivity index (χ0n) is 28.2. The van der Waals surface area contributed by atoms with E-state index in [1.807, 2.05) is 78.9 Å². The van der Waals surface area contributed by atoms with Crippen LogP contribution in [0.3, 0.4) is 0 Å². The van der Waals surface area contributed by atoms with Crippen molar-refractivity contribution in [3.8, 4) is 17.2 Å². The van der Waals surface area contributed by atoms with Crippen LogP contribution in [0, 0.1) is 6.92 Å². The first kappa shape index (κ1) is 37.4. The SMILES string of the molecule is COc1ccc(C(OC[C@H]2O[C@@H](n3cc(C)c(=O)[nH]c3=O)C[C@@H]2OP(=O)(O)Oc2cc(Cl)cc(Cl)c2)(c2ccccc2)c2ccc(OC)cc2)cc1. The number of benzene rings is 4. The predicted molar refractivity (Wildman–Crippen MR) is 195 cm³/mol. The molecule has 4 aromatic carbocycles. The molecule has 0 aliphatic carbocycles. The summed E-state index contributed by atoms with van der Waals surface area (Å²) in [6, 6.07) is 28.4. The number of H-pyrrole nitrogens is 1. The van der Waals surface area contributed by atoms with Gasteiger partial charge in [0.1, 0.15) is 41.3 Å². The Hall–Kier alpha value is -4.39. The second-order valence-corrected chi connectivity index (χ2v) is 14.2. The lowest BCUT2D eigenvalue weighted by Crippen LogP contribution is -2.38. The molecule has 0 radical (unpaired) electrons. The summed E-state index contributed by atoms with van der Waals surface area (Å²) < 4.78 is 50.0. The van der Waals surface area contributed by atoms with E-state index < -0.39 is 43.1 Å². The van der Waals surface area contributed by atoms with E-state index in [1.165, 1.54) is 29.0 Å². The standard InChI is InChI=1S/C37H35Cl2N2O10P/c1-23-21-41(36(43)40-35(23)42)34-20-32(51-52(44,45)50-31-18-27(38)17-28(39)19-31)33(49-34)22-48-37(24-7-5-4-6-8-24,25-9-13-29(46-2)14-10-25)26-11-15-30(47-3)16-12-26/h4-19,21,32-34H,20,22H2,1-3H3,(H,44,45)(H,40,42,43)/t32-,33+,34+/m0/s1. The minimum Gasteiger partial charge on any atom is -0.497 e. The van der Waals surface area contributed by atoms with Crippen LogP contribution in [0.5, 0.6) is 17.2 Å². The van der Waals surface area contributed by atoms with Gasteiger partial charge >= 0.3 is 13.5 Å². The summed E-state index contributed by atoms with van der Waals surface area (Å²) in [6.07, 6.45) is -1.95. The molecule has 0 amide bonds. The van der Waals surface area contributed by atoms with E-state index >= 15 is 0 Å². The average molecular weight is 770 g/mol. The summed E-state index contributed by atoms with van der Waals surface area (Å²) in [5.74, 6) is 1.18. The van der Waals surface area contributed by atoms with Crippen molar-refractivity contribution >= 4 is 31.0 Å². The highest BCUT2D eigenvalue weighted by atomic mass is 35.5. The number of methoxy groups -OCH3 is 2. The number of phosphoric ester groups is 1. The summed E-state index contributed by atoms with van der Waals surface area (Å²) in [4.78, 5) is 38.3. The van der Waals surface area contributed by atoms with Crippen LogP contribution in [-0.2, 0) is 24.2 Å². The Morgan fingerprint density at radius 3 is 1.98 bits per heavy atom. The number of rotatable bonds is 13. The van der Waals surface area contributed by atoms with Crippen LogP contribution in [0.15, 0.2) is 113 Å². The van der Waals surface area contributed by atoms with Crippen molar-refractivity contribution in [1.29, 1.82) is 0 Å². The minimum atomic E-state index is -4.87. The van der Waals surface area contributed by atoms with Crippen LogP contribution in [0.2, 0.25) is 10.0 Å². The summed E-state index contributed by atoms with van der Waals surface area (Å²) >= 11 is 12.2. The second kappa shape index (κ2) is 15.7. The summed E-state index contributed by atoms with van der Waals surface area (Å²) in [6.45, 7) is 1.33. The van der Waals surface area contributed by atoms with Gasteiger partial charge in [0, 0.05) is 28.2 Å². The molecular formula is C37H35Cl2N2O10P. The lowest BCUT2D eigenvalue weighted by Gasteiger charge is -2.37. The minimum absolute atomic E-state index is 0.0902. The molecule has 1 aliphatic heterocycles. The van der Waals surface area contributed by atoms with E-state index in [-0.39, 0.29) is 34.4 Å². The Labute approximate surface area is 309 Å². The fourth-order valence-electron chi connectivity index (χ4n) is 6.12. The number of nitrogens with one attached hydrogen (secondary N) is 1. The van der Waals surface area contributed by atoms with E-state index in [4.69, 9.17) is 51.2 Å². The van der Waals surface area contributed by atoms with Crippen molar-refractivity contribution in [2.24, 2.45) is 0 Å². The van der Waals surface area contributed by atoms with Crippen molar-refractivity contribution in [3.63, 3.8) is 0 Å². The van der Waals surface area contributed by atoms with Gasteiger partial charge in [0.15, 0.2) is 0 Å². The third-order valence-electron chi connectivity index (χ3n) is 8.60. The van der Waals surface area contributed by atoms with E-state index in [2.05, 4.69) is 4.98 Å². The molecular weight excluding hydrogens is 734 g/mol. The molecule has 1 aromatic heterocycles. The van der Waals surface area contributed by atoms with Crippen LogP contribution in [0.4, 0.5) is 0 Å². The Balaban J connectivity index is 1.41. The van der Waals surface area contributed by atoms with E-state index in [0.29, 0.717) is 11.5 Å². The Morgan fingerprint density at radius 2 is 1.42 bits per heavy atom. The van der Waals surface area contributed by atoms with E-state index in [9.17, 15) is 19.0 Å². The number of aryl methyl sites for hydroxylation is 1. The first-order valence-electron chi connectivity index (χ1n) is 16.0. The maximum absolute atomic E-state index is 13.5. The van der Waals surface area contributed by atoms with Gasteiger partial charge in [-0.2, -0.15) is 0 Å². The fourth-order valence-corrected chi connectivity index (χ4v) is 7.61. The number of nitrogens with zero attached hydrogens (tertiary/aromatic N) is 1. The Bertz CT molecular complexity index is 2110. The number of aromatic nitrogens is 2. The van der Waals surface area contributed by atoms with Gasteiger partial charge in [0.05, 0.1) is 20.8 Å². The molecule has 5 aromatic rings. The first-order valence-corrected chi connectivity index (χ1v) is 18.3. The molecule has 1 fully saturated rings. The smallest absolute Gasteiger partial charge is 0.497 e. The summed E-state index contributed by atoms with van der Waals surface area (Å²) in [7, 11) is -1.72. The first-order chi connectivity index (χ1) is 24.9. The zero-order valence-corrected chi connectivity index (χ0v) is 30.6. The number of hydrogen-bond donors (Lipinski definition) is 2. The number of ether oxygens (including phenoxy) is 4. The van der Waals surface area contributed by atoms with Gasteiger partial charge < -0.3 is 23.5 Å². The number of hydrogen-bond acceptors (Lipinski definition) is 9. The number of halogens is 2. The monoisotopic (exact) mass is 768 g/mol. The topological polar surface area (TPSA) is 148 Å². The van der Waals surface area contributed by atoms with Gasteiger partial charge in [-0.15, -0.1) is 0 Å². The van der Waals surface area contributed by atoms with Crippen molar-refractivity contribution in [3.05, 3.63) is 156 Å². The molecule has 272 valence electrons. The Kier molecular flexibility index (Phi) is 11.3. The van der Waals surface area contributed by atoms with Crippen molar-refractivity contribution in [2.75, 3.05) is 20.8 Å². The Morgan fingerprint density at radius 1 is 0.865 bits per heavy atom. The predicted octanol–water partition coefficient (Wildman–Crippen LogP) is 7.03. The molecule has 1 unspecified atom stereocenters. The molecule has 2 heterocycles. The third-order valence-corrected chi connectivity index (χ3v) is 10.0. The molecule has 2 N–H and O–H groups in total. The van der Waals surface area contributed by atoms with Crippen LogP contribution in [0.25, 0.3) is 0 Å². The van der Waals surface area contributed by atoms with Gasteiger partial charge in [-0.3, -0.25) is 23.8 Å². The average Bonchev–Trinajstić information content (AvgIpc) is 3.51. The molecule has 4 atom stereocenters. The van der Waals surface area contributed by atoms with Gasteiger partial charge in [0.25, 0.3) is 5.56 Å². The maximum atomic E-state index is 13.5. The van der Waals surface area contributed by atoms with E-state index in [0.717, 1.165) is 16.7 Å². The van der Waals surface area contributed by atoms with Crippen LogP contribution in [0.1, 0.15) is 34.9 Å². The van der Waals surface area contributed by atoms with Crippen LogP contribution < -0.4 is 25.2 Å². The second-order valence-electron chi connectivity index (χ2n) is 12.0. The summed E-state index contributed by atoms with van der Waals surface area (Å²) in [5, 5.41) is 0.361. The molecule has 0 bridgehead atoms. The van der Waals surface area contributed by atoms with Gasteiger partial charge in [-0.25, -0.2) is 9.36 Å². The highest BCUT2D eigenvalue weighted by Crippen LogP contribution is 2.50. The lowest BCUT2D eigenvalue weighted by molar-refractivity contribution is -0.0933. The van der Waals surface area contributed by atoms with Gasteiger partial charge in [-0.05, 0) is 66.1 Å². The molecule has 6 rings (SSSR count). The third kappa shape index (κ3) is 8.14. The molecule has 0 saturated carbocycles. The zero-order chi connectivity index (χ0) is 37.0. The highest BCUT2D eigenvalue weighted by Gasteiger charge is 2.45. The highest BCUT2D eigenvalue weighted by molar-refractivity contribution is 7.47. The van der Waals surface area contributed by atoms with E-state index in [1.54, 1.807) is 21.1 Å². The quantitative estimate of drug-likeness (QED) is 0.0945. The fraction of sp³-hybridized carbons (Fsp3) is 0.243. The molecule has 1 saturated heterocycles. The lowest BCUT2D eigenvalue weighted by atomic mass is 9.80. The number of aromatic amines is 1. The van der Waals surface area contributed by atoms with Crippen molar-refractivity contribution in [2.45, 2.75) is 37.4 Å². The molecule has 52 heavy (non-hydrogen) atoms. The number of phosphoric acid groups is 1. The molecule has 0 spiro atoms. The van der Waals surface area contributed by atoms with Gasteiger partial charge in [0.2, 0.25) is 0 Å². The molecule has 1 aliphatic rings. The van der Waals surface area contributed by atoms with Crippen LogP contribution >= 0.6 is 31.0 Å². The van der Waals surface area contributed by atoms with Crippen LogP contribution in [-0.4, -0.2) is 47.5 Å². The summed E-state index contributed by atoms with van der Waals surface area (Å²) in [5.41, 5.74) is -0.0552. The maximum Gasteiger partial charge on any atom is 0.527 e.